The molecule has 1 fully saturated rings. The Bertz CT molecular complexity index is 877. The molecule has 0 atom stereocenters. The number of aryl methyl sites for hydroxylation is 1. The fourth-order valence-corrected chi connectivity index (χ4v) is 3.69. The van der Waals surface area contributed by atoms with Crippen LogP contribution in [0.25, 0.3) is 22.0 Å². The number of hydrogen-bond donors (Lipinski definition) is 2. The number of nitrogens with one attached hydrogen (secondary N) is 2. The molecule has 1 saturated carbocycles. The third-order valence-electron chi connectivity index (χ3n) is 5.29. The summed E-state index contributed by atoms with van der Waals surface area (Å²) < 4.78 is 6.29. The summed E-state index contributed by atoms with van der Waals surface area (Å²) in [6.07, 6.45) is 5.04. The molecule has 4 rings (SSSR count). The van der Waals surface area contributed by atoms with Crippen LogP contribution in [0.3, 0.4) is 0 Å². The summed E-state index contributed by atoms with van der Waals surface area (Å²) >= 11 is 0. The molecule has 130 valence electrons. The third kappa shape index (κ3) is 3.05. The highest BCUT2D eigenvalue weighted by Crippen LogP contribution is 2.39. The second-order valence-corrected chi connectivity index (χ2v) is 6.98. The van der Waals surface area contributed by atoms with Gasteiger partial charge in [0.15, 0.2) is 0 Å². The van der Waals surface area contributed by atoms with Crippen LogP contribution < -0.4 is 10.1 Å². The SMILES string of the molecule is CNCCc1c(C)[nH]c2cccc(-c3ccccc3OC3CCC3)c12. The number of fused-ring (bicyclic) bond motifs is 1. The maximum Gasteiger partial charge on any atom is 0.127 e. The van der Waals surface area contributed by atoms with Crippen LogP contribution >= 0.6 is 0 Å². The van der Waals surface area contributed by atoms with Gasteiger partial charge >= 0.3 is 0 Å². The summed E-state index contributed by atoms with van der Waals surface area (Å²) in [6, 6.07) is 15.0. The van der Waals surface area contributed by atoms with Crippen molar-refractivity contribution in [2.24, 2.45) is 0 Å². The number of para-hydroxylation sites is 1. The average Bonchev–Trinajstić information content (AvgIpc) is 2.92. The van der Waals surface area contributed by atoms with Crippen molar-refractivity contribution in [3.05, 3.63) is 53.7 Å². The molecule has 1 aromatic heterocycles. The molecule has 3 nitrogen and oxygen atoms in total. The Morgan fingerprint density at radius 1 is 1.08 bits per heavy atom. The minimum absolute atomic E-state index is 0.386. The summed E-state index contributed by atoms with van der Waals surface area (Å²) in [5, 5.41) is 4.60. The molecule has 2 aromatic carbocycles. The predicted octanol–water partition coefficient (Wildman–Crippen LogP) is 4.84. The number of H-pyrrole nitrogens is 1. The molecule has 3 heteroatoms. The molecule has 0 unspecified atom stereocenters. The Balaban J connectivity index is 1.84. The number of ether oxygens (including phenoxy) is 1. The Hall–Kier alpha value is -2.26. The van der Waals surface area contributed by atoms with Crippen molar-refractivity contribution in [1.29, 1.82) is 0 Å². The number of benzene rings is 2. The highest BCUT2D eigenvalue weighted by Gasteiger charge is 2.21. The predicted molar refractivity (Wildman–Crippen MR) is 104 cm³/mol. The normalized spacial score (nSPS) is 14.6. The summed E-state index contributed by atoms with van der Waals surface area (Å²) in [4.78, 5) is 3.56. The van der Waals surface area contributed by atoms with E-state index in [1.54, 1.807) is 0 Å². The largest absolute Gasteiger partial charge is 0.490 e. The first kappa shape index (κ1) is 16.2. The fraction of sp³-hybridized carbons (Fsp3) is 0.364. The lowest BCUT2D eigenvalue weighted by atomic mass is 9.94. The molecular formula is C22H26N2O. The second kappa shape index (κ2) is 6.93. The van der Waals surface area contributed by atoms with Crippen LogP contribution in [0.4, 0.5) is 0 Å². The van der Waals surface area contributed by atoms with Gasteiger partial charge < -0.3 is 15.0 Å². The first-order valence-corrected chi connectivity index (χ1v) is 9.28. The minimum Gasteiger partial charge on any atom is -0.490 e. The molecule has 0 radical (unpaired) electrons. The maximum absolute atomic E-state index is 6.29. The van der Waals surface area contributed by atoms with Crippen LogP contribution in [0.15, 0.2) is 42.5 Å². The van der Waals surface area contributed by atoms with E-state index >= 15 is 0 Å². The Morgan fingerprint density at radius 2 is 1.88 bits per heavy atom. The van der Waals surface area contributed by atoms with E-state index in [1.807, 2.05) is 7.05 Å². The number of likely N-dealkylation sites (N-methyl/N-ethyl adjacent to an activating group) is 1. The van der Waals surface area contributed by atoms with Crippen molar-refractivity contribution in [2.75, 3.05) is 13.6 Å². The van der Waals surface area contributed by atoms with Gasteiger partial charge in [0.1, 0.15) is 5.75 Å². The molecular weight excluding hydrogens is 308 g/mol. The molecule has 0 amide bonds. The van der Waals surface area contributed by atoms with Crippen LogP contribution in [-0.4, -0.2) is 24.7 Å². The summed E-state index contributed by atoms with van der Waals surface area (Å²) in [7, 11) is 2.01. The maximum atomic E-state index is 6.29. The molecule has 0 bridgehead atoms. The van der Waals surface area contributed by atoms with E-state index in [9.17, 15) is 0 Å². The van der Waals surface area contributed by atoms with Crippen molar-refractivity contribution in [3.63, 3.8) is 0 Å². The Labute approximate surface area is 149 Å². The van der Waals surface area contributed by atoms with Gasteiger partial charge in [-0.1, -0.05) is 30.3 Å². The molecule has 0 aliphatic heterocycles. The molecule has 25 heavy (non-hydrogen) atoms. The molecule has 0 saturated heterocycles. The number of aromatic nitrogens is 1. The zero-order valence-corrected chi connectivity index (χ0v) is 15.1. The summed E-state index contributed by atoms with van der Waals surface area (Å²) in [5.41, 5.74) is 6.33. The standard InChI is InChI=1S/C22H26N2O/c1-15-17(13-14-23-2)22-19(10-6-11-20(22)24-15)18-9-3-4-12-21(18)25-16-7-5-8-16/h3-4,6,9-12,16,23-24H,5,7-8,13-14H2,1-2H3. The summed E-state index contributed by atoms with van der Waals surface area (Å²) in [6.45, 7) is 3.15. The molecule has 0 spiro atoms. The first-order chi connectivity index (χ1) is 12.3. The van der Waals surface area contributed by atoms with Gasteiger partial charge in [0, 0.05) is 22.2 Å². The topological polar surface area (TPSA) is 37.0 Å². The third-order valence-corrected chi connectivity index (χ3v) is 5.29. The van der Waals surface area contributed by atoms with Gasteiger partial charge in [0.25, 0.3) is 0 Å². The molecule has 3 aromatic rings. The lowest BCUT2D eigenvalue weighted by molar-refractivity contribution is 0.121. The van der Waals surface area contributed by atoms with Gasteiger partial charge in [-0.3, -0.25) is 0 Å². The van der Waals surface area contributed by atoms with E-state index in [4.69, 9.17) is 4.74 Å². The smallest absolute Gasteiger partial charge is 0.127 e. The lowest BCUT2D eigenvalue weighted by Gasteiger charge is -2.27. The van der Waals surface area contributed by atoms with Crippen molar-refractivity contribution in [1.82, 2.24) is 10.3 Å². The molecule has 1 aliphatic carbocycles. The van der Waals surface area contributed by atoms with Crippen molar-refractivity contribution in [3.8, 4) is 16.9 Å². The van der Waals surface area contributed by atoms with E-state index in [1.165, 1.54) is 52.5 Å². The van der Waals surface area contributed by atoms with Gasteiger partial charge in [-0.25, -0.2) is 0 Å². The van der Waals surface area contributed by atoms with E-state index in [2.05, 4.69) is 59.7 Å². The summed E-state index contributed by atoms with van der Waals surface area (Å²) in [5.74, 6) is 1.01. The van der Waals surface area contributed by atoms with Gasteiger partial charge in [0.05, 0.1) is 6.10 Å². The van der Waals surface area contributed by atoms with Gasteiger partial charge in [-0.2, -0.15) is 0 Å². The van der Waals surface area contributed by atoms with E-state index < -0.39 is 0 Å². The number of hydrogen-bond acceptors (Lipinski definition) is 2. The van der Waals surface area contributed by atoms with Crippen molar-refractivity contribution >= 4 is 10.9 Å². The van der Waals surface area contributed by atoms with E-state index in [-0.39, 0.29) is 0 Å². The van der Waals surface area contributed by atoms with Crippen LogP contribution in [0.5, 0.6) is 5.75 Å². The van der Waals surface area contributed by atoms with Gasteiger partial charge in [-0.05, 0) is 69.5 Å². The lowest BCUT2D eigenvalue weighted by Crippen LogP contribution is -2.24. The number of aromatic amines is 1. The van der Waals surface area contributed by atoms with Crippen LogP contribution in [-0.2, 0) is 6.42 Å². The highest BCUT2D eigenvalue weighted by atomic mass is 16.5. The van der Waals surface area contributed by atoms with Gasteiger partial charge in [0.2, 0.25) is 0 Å². The Kier molecular flexibility index (Phi) is 4.50. The molecule has 2 N–H and O–H groups in total. The monoisotopic (exact) mass is 334 g/mol. The average molecular weight is 334 g/mol. The van der Waals surface area contributed by atoms with E-state index in [0.717, 1.165) is 18.7 Å². The molecule has 1 aliphatic rings. The van der Waals surface area contributed by atoms with E-state index in [0.29, 0.717) is 6.10 Å². The fourth-order valence-electron chi connectivity index (χ4n) is 3.69. The van der Waals surface area contributed by atoms with Gasteiger partial charge in [-0.15, -0.1) is 0 Å². The zero-order chi connectivity index (χ0) is 17.2. The van der Waals surface area contributed by atoms with Crippen molar-refractivity contribution in [2.45, 2.75) is 38.7 Å². The van der Waals surface area contributed by atoms with Crippen LogP contribution in [0.1, 0.15) is 30.5 Å². The Morgan fingerprint density at radius 3 is 2.64 bits per heavy atom. The second-order valence-electron chi connectivity index (χ2n) is 6.98. The molecule has 1 heterocycles. The van der Waals surface area contributed by atoms with Crippen LogP contribution in [0.2, 0.25) is 0 Å². The first-order valence-electron chi connectivity index (χ1n) is 9.28. The number of rotatable bonds is 6. The van der Waals surface area contributed by atoms with Crippen LogP contribution in [0, 0.1) is 6.92 Å². The van der Waals surface area contributed by atoms with Crippen molar-refractivity contribution < 1.29 is 4.74 Å². The minimum atomic E-state index is 0.386. The zero-order valence-electron chi connectivity index (χ0n) is 15.1. The quantitative estimate of drug-likeness (QED) is 0.677. The highest BCUT2D eigenvalue weighted by molar-refractivity contribution is 5.99.